The van der Waals surface area contributed by atoms with Crippen LogP contribution in [0.2, 0.25) is 0 Å². The predicted molar refractivity (Wildman–Crippen MR) is 129 cm³/mol. The molecule has 0 fully saturated rings. The van der Waals surface area contributed by atoms with Crippen LogP contribution in [-0.4, -0.2) is 29.7 Å². The first-order chi connectivity index (χ1) is 16.0. The maximum atomic E-state index is 13.2. The van der Waals surface area contributed by atoms with Crippen LogP contribution in [0.3, 0.4) is 0 Å². The average molecular weight is 444 g/mol. The lowest BCUT2D eigenvalue weighted by Gasteiger charge is -2.12. The molecule has 0 saturated carbocycles. The smallest absolute Gasteiger partial charge is 0.277 e. The van der Waals surface area contributed by atoms with Gasteiger partial charge in [-0.2, -0.15) is 0 Å². The number of hydrogen-bond acceptors (Lipinski definition) is 5. The topological polar surface area (TPSA) is 82.5 Å². The van der Waals surface area contributed by atoms with Crippen molar-refractivity contribution in [3.8, 4) is 22.8 Å². The number of hydrogen-bond donors (Lipinski definition) is 1. The first-order valence-corrected chi connectivity index (χ1v) is 10.7. The molecule has 0 bridgehead atoms. The Labute approximate surface area is 191 Å². The molecule has 0 aliphatic heterocycles. The van der Waals surface area contributed by atoms with Crippen molar-refractivity contribution in [1.29, 1.82) is 0 Å². The zero-order valence-corrected chi connectivity index (χ0v) is 18.8. The van der Waals surface area contributed by atoms with Gasteiger partial charge in [-0.25, -0.2) is 4.98 Å². The second-order valence-corrected chi connectivity index (χ2v) is 7.54. The number of para-hydroxylation sites is 2. The third-order valence-corrected chi connectivity index (χ3v) is 5.33. The van der Waals surface area contributed by atoms with Gasteiger partial charge in [0.15, 0.2) is 0 Å². The number of amides is 1. The summed E-state index contributed by atoms with van der Waals surface area (Å²) in [5.74, 6) is 0.864. The quantitative estimate of drug-likeness (QED) is 0.446. The molecule has 1 aromatic heterocycles. The van der Waals surface area contributed by atoms with Crippen molar-refractivity contribution in [3.05, 3.63) is 82.6 Å². The van der Waals surface area contributed by atoms with Gasteiger partial charge in [0, 0.05) is 41.6 Å². The normalized spacial score (nSPS) is 10.8. The van der Waals surface area contributed by atoms with E-state index in [1.165, 1.54) is 0 Å². The standard InChI is InChI=1S/C26H25N3O4/c1-4-13-29-23-8-6-5-7-22(23)28-24(26(29)31)17-9-11-18(12-10-17)25(30)27-19-14-20(32-2)16-21(15-19)33-3/h5-12,14-16H,4,13H2,1-3H3,(H,27,30). The van der Waals surface area contributed by atoms with E-state index in [1.807, 2.05) is 31.2 Å². The molecule has 0 saturated heterocycles. The third kappa shape index (κ3) is 4.57. The van der Waals surface area contributed by atoms with E-state index in [0.717, 1.165) is 17.5 Å². The van der Waals surface area contributed by atoms with E-state index in [2.05, 4.69) is 10.3 Å². The first kappa shape index (κ1) is 22.1. The molecule has 0 spiro atoms. The lowest BCUT2D eigenvalue weighted by Crippen LogP contribution is -2.23. The highest BCUT2D eigenvalue weighted by Gasteiger charge is 2.14. The zero-order valence-electron chi connectivity index (χ0n) is 18.8. The Morgan fingerprint density at radius 2 is 1.64 bits per heavy atom. The van der Waals surface area contributed by atoms with Gasteiger partial charge in [0.05, 0.1) is 25.3 Å². The Bertz CT molecular complexity index is 1340. The van der Waals surface area contributed by atoms with Crippen molar-refractivity contribution < 1.29 is 14.3 Å². The zero-order chi connectivity index (χ0) is 23.4. The van der Waals surface area contributed by atoms with Gasteiger partial charge >= 0.3 is 0 Å². The van der Waals surface area contributed by atoms with Crippen LogP contribution in [0.4, 0.5) is 5.69 Å². The van der Waals surface area contributed by atoms with Gasteiger partial charge in [-0.05, 0) is 30.7 Å². The molecule has 0 aliphatic carbocycles. The summed E-state index contributed by atoms with van der Waals surface area (Å²) in [4.78, 5) is 30.5. The molecule has 4 rings (SSSR count). The summed E-state index contributed by atoms with van der Waals surface area (Å²) < 4.78 is 12.3. The Morgan fingerprint density at radius 1 is 0.970 bits per heavy atom. The number of rotatable bonds is 7. The van der Waals surface area contributed by atoms with Gasteiger partial charge in [0.25, 0.3) is 11.5 Å². The molecule has 0 unspecified atom stereocenters. The van der Waals surface area contributed by atoms with Crippen molar-refractivity contribution in [3.63, 3.8) is 0 Å². The predicted octanol–water partition coefficient (Wildman–Crippen LogP) is 4.74. The van der Waals surface area contributed by atoms with Gasteiger partial charge < -0.3 is 19.4 Å². The van der Waals surface area contributed by atoms with E-state index < -0.39 is 0 Å². The Kier molecular flexibility index (Phi) is 6.40. The highest BCUT2D eigenvalue weighted by molar-refractivity contribution is 6.04. The highest BCUT2D eigenvalue weighted by Crippen LogP contribution is 2.26. The fourth-order valence-corrected chi connectivity index (χ4v) is 3.69. The lowest BCUT2D eigenvalue weighted by atomic mass is 10.1. The number of carbonyl (C=O) groups excluding carboxylic acids is 1. The summed E-state index contributed by atoms with van der Waals surface area (Å²) in [5, 5.41) is 2.85. The fourth-order valence-electron chi connectivity index (χ4n) is 3.69. The number of ether oxygens (including phenoxy) is 2. The maximum Gasteiger partial charge on any atom is 0.277 e. The minimum atomic E-state index is -0.285. The van der Waals surface area contributed by atoms with Crippen LogP contribution in [0.15, 0.2) is 71.5 Å². The van der Waals surface area contributed by atoms with E-state index in [4.69, 9.17) is 9.47 Å². The second-order valence-electron chi connectivity index (χ2n) is 7.54. The number of nitrogens with zero attached hydrogens (tertiary/aromatic N) is 2. The second kappa shape index (κ2) is 9.56. The van der Waals surface area contributed by atoms with Crippen molar-refractivity contribution in [2.75, 3.05) is 19.5 Å². The molecule has 33 heavy (non-hydrogen) atoms. The first-order valence-electron chi connectivity index (χ1n) is 10.7. The molecule has 4 aromatic rings. The van der Waals surface area contributed by atoms with Crippen LogP contribution in [0, 0.1) is 0 Å². The van der Waals surface area contributed by atoms with Crippen molar-refractivity contribution >= 4 is 22.6 Å². The lowest BCUT2D eigenvalue weighted by molar-refractivity contribution is 0.102. The van der Waals surface area contributed by atoms with Crippen LogP contribution in [0.1, 0.15) is 23.7 Å². The molecule has 7 heteroatoms. The van der Waals surface area contributed by atoms with E-state index in [1.54, 1.807) is 61.3 Å². The minimum absolute atomic E-state index is 0.142. The molecule has 168 valence electrons. The number of aromatic nitrogens is 2. The molecule has 1 amide bonds. The summed E-state index contributed by atoms with van der Waals surface area (Å²) in [7, 11) is 3.10. The fraction of sp³-hybridized carbons (Fsp3) is 0.192. The van der Waals surface area contributed by atoms with Gasteiger partial charge in [-0.1, -0.05) is 31.2 Å². The number of carbonyl (C=O) groups is 1. The number of fused-ring (bicyclic) bond motifs is 1. The van der Waals surface area contributed by atoms with Crippen molar-refractivity contribution in [1.82, 2.24) is 9.55 Å². The van der Waals surface area contributed by atoms with Crippen molar-refractivity contribution in [2.24, 2.45) is 0 Å². The largest absolute Gasteiger partial charge is 0.497 e. The molecule has 1 heterocycles. The SMILES string of the molecule is CCCn1c(=O)c(-c2ccc(C(=O)Nc3cc(OC)cc(OC)c3)cc2)nc2ccccc21. The molecule has 0 aliphatic rings. The number of benzene rings is 3. The Balaban J connectivity index is 1.64. The molecule has 1 N–H and O–H groups in total. The minimum Gasteiger partial charge on any atom is -0.497 e. The summed E-state index contributed by atoms with van der Waals surface area (Å²) in [5.41, 5.74) is 3.47. The molecule has 7 nitrogen and oxygen atoms in total. The van der Waals surface area contributed by atoms with Gasteiger partial charge in [-0.15, -0.1) is 0 Å². The molecular formula is C26H25N3O4. The van der Waals surface area contributed by atoms with Crippen LogP contribution >= 0.6 is 0 Å². The molecule has 0 radical (unpaired) electrons. The number of anilines is 1. The van der Waals surface area contributed by atoms with E-state index in [-0.39, 0.29) is 11.5 Å². The average Bonchev–Trinajstić information content (AvgIpc) is 2.85. The summed E-state index contributed by atoms with van der Waals surface area (Å²) >= 11 is 0. The highest BCUT2D eigenvalue weighted by atomic mass is 16.5. The maximum absolute atomic E-state index is 13.2. The Hall–Kier alpha value is -4.13. The number of nitrogens with one attached hydrogen (secondary N) is 1. The van der Waals surface area contributed by atoms with Gasteiger partial charge in [-0.3, -0.25) is 9.59 Å². The van der Waals surface area contributed by atoms with Crippen LogP contribution in [0.25, 0.3) is 22.3 Å². The van der Waals surface area contributed by atoms with E-state index in [0.29, 0.717) is 40.6 Å². The van der Waals surface area contributed by atoms with Crippen LogP contribution in [0.5, 0.6) is 11.5 Å². The van der Waals surface area contributed by atoms with Gasteiger partial charge in [0.1, 0.15) is 17.2 Å². The summed E-state index contributed by atoms with van der Waals surface area (Å²) in [6.07, 6.45) is 0.835. The molecule has 3 aromatic carbocycles. The Morgan fingerprint density at radius 3 is 2.27 bits per heavy atom. The van der Waals surface area contributed by atoms with Crippen LogP contribution in [-0.2, 0) is 6.54 Å². The molecule has 0 atom stereocenters. The van der Waals surface area contributed by atoms with Crippen LogP contribution < -0.4 is 20.3 Å². The number of aryl methyl sites for hydroxylation is 1. The summed E-state index contributed by atoms with van der Waals surface area (Å²) in [6, 6.07) is 19.6. The molecular weight excluding hydrogens is 418 g/mol. The van der Waals surface area contributed by atoms with E-state index in [9.17, 15) is 9.59 Å². The van der Waals surface area contributed by atoms with E-state index >= 15 is 0 Å². The third-order valence-electron chi connectivity index (χ3n) is 5.33. The van der Waals surface area contributed by atoms with Crippen molar-refractivity contribution in [2.45, 2.75) is 19.9 Å². The monoisotopic (exact) mass is 443 g/mol. The number of methoxy groups -OCH3 is 2. The van der Waals surface area contributed by atoms with Gasteiger partial charge in [0.2, 0.25) is 0 Å². The summed E-state index contributed by atoms with van der Waals surface area (Å²) in [6.45, 7) is 2.64.